The molecule has 5 nitrogen and oxygen atoms in total. The van der Waals surface area contributed by atoms with E-state index in [1.165, 1.54) is 0 Å². The monoisotopic (exact) mass is 451 g/mol. The van der Waals surface area contributed by atoms with E-state index in [1.54, 1.807) is 18.2 Å². The van der Waals surface area contributed by atoms with Gasteiger partial charge in [0.15, 0.2) is 18.1 Å². The van der Waals surface area contributed by atoms with Gasteiger partial charge in [-0.2, -0.15) is 0 Å². The van der Waals surface area contributed by atoms with Crippen LogP contribution in [0.15, 0.2) is 34.8 Å². The maximum absolute atomic E-state index is 12.3. The highest BCUT2D eigenvalue weighted by molar-refractivity contribution is 9.10. The first-order valence-electron chi connectivity index (χ1n) is 8.84. The van der Waals surface area contributed by atoms with Gasteiger partial charge < -0.3 is 19.5 Å². The van der Waals surface area contributed by atoms with Crippen molar-refractivity contribution in [2.45, 2.75) is 38.4 Å². The van der Waals surface area contributed by atoms with Crippen molar-refractivity contribution >= 4 is 39.1 Å². The van der Waals surface area contributed by atoms with Crippen LogP contribution >= 0.6 is 27.5 Å². The molecule has 2 aromatic rings. The van der Waals surface area contributed by atoms with Gasteiger partial charge in [0.1, 0.15) is 5.75 Å². The summed E-state index contributed by atoms with van der Waals surface area (Å²) in [6.45, 7) is 1.74. The van der Waals surface area contributed by atoms with E-state index in [0.29, 0.717) is 22.2 Å². The van der Waals surface area contributed by atoms with E-state index in [4.69, 9.17) is 25.8 Å². The number of anilines is 1. The number of carbonyl (C=O) groups is 1. The van der Waals surface area contributed by atoms with Crippen LogP contribution in [0.3, 0.4) is 0 Å². The lowest BCUT2D eigenvalue weighted by Crippen LogP contribution is -2.34. The van der Waals surface area contributed by atoms with Crippen molar-refractivity contribution in [1.29, 1.82) is 0 Å². The van der Waals surface area contributed by atoms with E-state index in [1.807, 2.05) is 19.1 Å². The highest BCUT2D eigenvalue weighted by atomic mass is 79.9. The van der Waals surface area contributed by atoms with Crippen molar-refractivity contribution < 1.29 is 19.0 Å². The second-order valence-corrected chi connectivity index (χ2v) is 8.18. The third-order valence-electron chi connectivity index (χ3n) is 4.73. The third kappa shape index (κ3) is 3.87. The van der Waals surface area contributed by atoms with Crippen LogP contribution in [0.2, 0.25) is 5.02 Å². The number of rotatable bonds is 4. The van der Waals surface area contributed by atoms with Crippen LogP contribution in [-0.2, 0) is 4.79 Å². The number of hydrogen-bond donors (Lipinski definition) is 1. The smallest absolute Gasteiger partial charge is 0.262 e. The standard InChI is InChI=1S/C20H19BrClNO4/c1-12-8-13(21)9-15(22)19(12)25-11-18(24)23-14-4-5-16-17(10-14)27-20(26-16)6-2-3-7-20/h4-5,8-10H,2-3,6-7,11H2,1H3,(H,23,24). The molecule has 2 aliphatic rings. The van der Waals surface area contributed by atoms with Crippen molar-refractivity contribution in [1.82, 2.24) is 0 Å². The fourth-order valence-corrected chi connectivity index (χ4v) is 4.52. The molecule has 1 spiro atoms. The Hall–Kier alpha value is -1.92. The van der Waals surface area contributed by atoms with Gasteiger partial charge >= 0.3 is 0 Å². The lowest BCUT2D eigenvalue weighted by Gasteiger charge is -2.21. The summed E-state index contributed by atoms with van der Waals surface area (Å²) in [5.74, 6) is 1.11. The Morgan fingerprint density at radius 2 is 1.96 bits per heavy atom. The number of carbonyl (C=O) groups excluding carboxylic acids is 1. The Labute approximate surface area is 171 Å². The molecule has 1 heterocycles. The summed E-state index contributed by atoms with van der Waals surface area (Å²) in [5.41, 5.74) is 1.49. The molecule has 2 aromatic carbocycles. The van der Waals surface area contributed by atoms with E-state index < -0.39 is 5.79 Å². The van der Waals surface area contributed by atoms with Crippen molar-refractivity contribution in [3.8, 4) is 17.2 Å². The van der Waals surface area contributed by atoms with Gasteiger partial charge in [-0.05, 0) is 49.6 Å². The second kappa shape index (κ2) is 7.24. The molecule has 0 atom stereocenters. The molecule has 1 saturated carbocycles. The number of hydrogen-bond acceptors (Lipinski definition) is 4. The summed E-state index contributed by atoms with van der Waals surface area (Å²) in [7, 11) is 0. The lowest BCUT2D eigenvalue weighted by atomic mass is 10.2. The number of aryl methyl sites for hydroxylation is 1. The van der Waals surface area contributed by atoms with Gasteiger partial charge in [0.25, 0.3) is 11.7 Å². The van der Waals surface area contributed by atoms with Crippen LogP contribution in [0.25, 0.3) is 0 Å². The summed E-state index contributed by atoms with van der Waals surface area (Å²) >= 11 is 9.56. The maximum Gasteiger partial charge on any atom is 0.262 e. The summed E-state index contributed by atoms with van der Waals surface area (Å²) in [5, 5.41) is 3.28. The molecule has 7 heteroatoms. The SMILES string of the molecule is Cc1cc(Br)cc(Cl)c1OCC(=O)Nc1ccc2c(c1)OC1(CCCC1)O2. The van der Waals surface area contributed by atoms with Crippen molar-refractivity contribution in [2.24, 2.45) is 0 Å². The van der Waals surface area contributed by atoms with Gasteiger partial charge in [-0.1, -0.05) is 27.5 Å². The Kier molecular flexibility index (Phi) is 4.95. The third-order valence-corrected chi connectivity index (χ3v) is 5.47. The van der Waals surface area contributed by atoms with Gasteiger partial charge in [-0.15, -0.1) is 0 Å². The number of amides is 1. The van der Waals surface area contributed by atoms with E-state index in [2.05, 4.69) is 21.2 Å². The molecule has 27 heavy (non-hydrogen) atoms. The Morgan fingerprint density at radius 3 is 2.70 bits per heavy atom. The molecule has 1 fully saturated rings. The minimum absolute atomic E-state index is 0.138. The lowest BCUT2D eigenvalue weighted by molar-refractivity contribution is -0.118. The number of nitrogens with one attached hydrogen (secondary N) is 1. The van der Waals surface area contributed by atoms with Crippen molar-refractivity contribution in [2.75, 3.05) is 11.9 Å². The molecule has 0 aromatic heterocycles. The van der Waals surface area contributed by atoms with Crippen LogP contribution in [-0.4, -0.2) is 18.3 Å². The second-order valence-electron chi connectivity index (χ2n) is 6.85. The van der Waals surface area contributed by atoms with Gasteiger partial charge in [0.05, 0.1) is 5.02 Å². The van der Waals surface area contributed by atoms with E-state index >= 15 is 0 Å². The zero-order valence-corrected chi connectivity index (χ0v) is 17.2. The largest absolute Gasteiger partial charge is 0.482 e. The molecule has 1 N–H and O–H groups in total. The van der Waals surface area contributed by atoms with Gasteiger partial charge in [-0.25, -0.2) is 0 Å². The molecule has 1 aliphatic carbocycles. The zero-order chi connectivity index (χ0) is 19.0. The van der Waals surface area contributed by atoms with Gasteiger partial charge in [0.2, 0.25) is 0 Å². The average Bonchev–Trinajstić information content (AvgIpc) is 3.19. The Morgan fingerprint density at radius 1 is 1.22 bits per heavy atom. The fourth-order valence-electron chi connectivity index (χ4n) is 3.50. The fraction of sp³-hybridized carbons (Fsp3) is 0.350. The van der Waals surface area contributed by atoms with Crippen LogP contribution in [0.5, 0.6) is 17.2 Å². The molecule has 0 unspecified atom stereocenters. The number of benzene rings is 2. The molecular weight excluding hydrogens is 434 g/mol. The summed E-state index contributed by atoms with van der Waals surface area (Å²) < 4.78 is 18.5. The quantitative estimate of drug-likeness (QED) is 0.668. The van der Waals surface area contributed by atoms with E-state index in [-0.39, 0.29) is 12.5 Å². The molecule has 0 radical (unpaired) electrons. The number of fused-ring (bicyclic) bond motifs is 1. The molecule has 1 aliphatic heterocycles. The normalized spacial score (nSPS) is 16.6. The predicted octanol–water partition coefficient (Wildman–Crippen LogP) is 5.47. The van der Waals surface area contributed by atoms with E-state index in [9.17, 15) is 4.79 Å². The minimum atomic E-state index is -0.510. The maximum atomic E-state index is 12.3. The first-order chi connectivity index (χ1) is 12.9. The topological polar surface area (TPSA) is 56.8 Å². The molecule has 0 bridgehead atoms. The van der Waals surface area contributed by atoms with Crippen molar-refractivity contribution in [3.05, 3.63) is 45.4 Å². The van der Waals surface area contributed by atoms with Crippen LogP contribution < -0.4 is 19.5 Å². The van der Waals surface area contributed by atoms with Gasteiger partial charge in [0, 0.05) is 29.1 Å². The van der Waals surface area contributed by atoms with E-state index in [0.717, 1.165) is 41.5 Å². The summed E-state index contributed by atoms with van der Waals surface area (Å²) in [4.78, 5) is 12.3. The van der Waals surface area contributed by atoms with Gasteiger partial charge in [-0.3, -0.25) is 4.79 Å². The molecule has 142 valence electrons. The Balaban J connectivity index is 1.38. The molecule has 0 saturated heterocycles. The first kappa shape index (κ1) is 18.4. The highest BCUT2D eigenvalue weighted by Crippen LogP contribution is 2.47. The van der Waals surface area contributed by atoms with Crippen LogP contribution in [0, 0.1) is 6.92 Å². The predicted molar refractivity (Wildman–Crippen MR) is 107 cm³/mol. The zero-order valence-electron chi connectivity index (χ0n) is 14.8. The molecule has 4 rings (SSSR count). The number of ether oxygens (including phenoxy) is 3. The highest BCUT2D eigenvalue weighted by Gasteiger charge is 2.44. The number of halogens is 2. The van der Waals surface area contributed by atoms with Crippen molar-refractivity contribution in [3.63, 3.8) is 0 Å². The minimum Gasteiger partial charge on any atom is -0.482 e. The molecule has 1 amide bonds. The average molecular weight is 453 g/mol. The first-order valence-corrected chi connectivity index (χ1v) is 10.0. The molecular formula is C20H19BrClNO4. The summed E-state index contributed by atoms with van der Waals surface area (Å²) in [6.07, 6.45) is 3.99. The summed E-state index contributed by atoms with van der Waals surface area (Å²) in [6, 6.07) is 9.03. The van der Waals surface area contributed by atoms with Crippen LogP contribution in [0.4, 0.5) is 5.69 Å². The Bertz CT molecular complexity index is 873. The van der Waals surface area contributed by atoms with Crippen LogP contribution in [0.1, 0.15) is 31.2 Å².